The number of hydrogen-bond acceptors (Lipinski definition) is 6. The topological polar surface area (TPSA) is 111 Å². The molecule has 4 atom stereocenters. The first-order chi connectivity index (χ1) is 10.2. The van der Waals surface area contributed by atoms with E-state index in [1.807, 2.05) is 13.8 Å². The quantitative estimate of drug-likeness (QED) is 0.479. The Bertz CT molecular complexity index is 369. The van der Waals surface area contributed by atoms with E-state index in [0.29, 0.717) is 0 Å². The van der Waals surface area contributed by atoms with Gasteiger partial charge in [0.15, 0.2) is 6.10 Å². The molecule has 0 aliphatic rings. The van der Waals surface area contributed by atoms with E-state index in [1.165, 1.54) is 14.0 Å². The normalized spacial score (nSPS) is 18.1. The van der Waals surface area contributed by atoms with E-state index in [9.17, 15) is 9.59 Å². The zero-order chi connectivity index (χ0) is 17.3. The average molecular weight is 336 g/mol. The molecule has 130 valence electrons. The van der Waals surface area contributed by atoms with Gasteiger partial charge in [0.2, 0.25) is 0 Å². The van der Waals surface area contributed by atoms with Gasteiger partial charge < -0.3 is 25.6 Å². The Kier molecular flexibility index (Phi) is 9.66. The molecular formula is C14H28N2O5S. The van der Waals surface area contributed by atoms with Gasteiger partial charge in [0.25, 0.3) is 5.91 Å². The fraction of sp³-hybridized carbons (Fsp3) is 0.857. The Hall–Kier alpha value is -0.830. The van der Waals surface area contributed by atoms with Crippen molar-refractivity contribution in [3.05, 3.63) is 0 Å². The molecule has 4 unspecified atom stereocenters. The third kappa shape index (κ3) is 6.95. The Labute approximate surface area is 136 Å². The molecule has 0 aromatic rings. The fourth-order valence-electron chi connectivity index (χ4n) is 2.13. The SMILES string of the molecule is CCOC(C)(CC(=O)O)NC(=O)C(OC)C(N)C(C)SCC. The van der Waals surface area contributed by atoms with Gasteiger partial charge in [-0.1, -0.05) is 13.8 Å². The van der Waals surface area contributed by atoms with Gasteiger partial charge in [-0.05, 0) is 19.6 Å². The van der Waals surface area contributed by atoms with E-state index in [-0.39, 0.29) is 18.3 Å². The summed E-state index contributed by atoms with van der Waals surface area (Å²) >= 11 is 1.63. The number of carbonyl (C=O) groups is 2. The molecular weight excluding hydrogens is 308 g/mol. The van der Waals surface area contributed by atoms with E-state index in [0.717, 1.165) is 5.75 Å². The maximum atomic E-state index is 12.4. The maximum Gasteiger partial charge on any atom is 0.308 e. The number of methoxy groups -OCH3 is 1. The number of aliphatic carboxylic acids is 1. The van der Waals surface area contributed by atoms with Crippen LogP contribution in [-0.2, 0) is 19.1 Å². The second-order valence-corrected chi connectivity index (χ2v) is 6.77. The lowest BCUT2D eigenvalue weighted by atomic mass is 10.1. The molecule has 0 spiro atoms. The van der Waals surface area contributed by atoms with Gasteiger partial charge in [0.05, 0.1) is 12.5 Å². The van der Waals surface area contributed by atoms with Crippen molar-refractivity contribution in [3.8, 4) is 0 Å². The van der Waals surface area contributed by atoms with Gasteiger partial charge in [-0.2, -0.15) is 11.8 Å². The number of carbonyl (C=O) groups excluding carboxylic acids is 1. The van der Waals surface area contributed by atoms with Crippen molar-refractivity contribution in [2.75, 3.05) is 19.5 Å². The van der Waals surface area contributed by atoms with E-state index in [4.69, 9.17) is 20.3 Å². The molecule has 0 aliphatic heterocycles. The van der Waals surface area contributed by atoms with Crippen molar-refractivity contribution >= 4 is 23.6 Å². The number of amides is 1. The first-order valence-corrected chi connectivity index (χ1v) is 8.33. The highest BCUT2D eigenvalue weighted by atomic mass is 32.2. The van der Waals surface area contributed by atoms with Crippen LogP contribution in [0, 0.1) is 0 Å². The third-order valence-electron chi connectivity index (χ3n) is 3.17. The largest absolute Gasteiger partial charge is 0.481 e. The van der Waals surface area contributed by atoms with Crippen LogP contribution in [0.4, 0.5) is 0 Å². The number of thioether (sulfide) groups is 1. The fourth-order valence-corrected chi connectivity index (χ4v) is 3.02. The predicted molar refractivity (Wildman–Crippen MR) is 86.8 cm³/mol. The summed E-state index contributed by atoms with van der Waals surface area (Å²) in [5.74, 6) is -0.664. The highest BCUT2D eigenvalue weighted by molar-refractivity contribution is 7.99. The van der Waals surface area contributed by atoms with Crippen molar-refractivity contribution in [2.24, 2.45) is 5.73 Å². The lowest BCUT2D eigenvalue weighted by molar-refractivity contribution is -0.153. The smallest absolute Gasteiger partial charge is 0.308 e. The molecule has 22 heavy (non-hydrogen) atoms. The number of rotatable bonds is 11. The van der Waals surface area contributed by atoms with Gasteiger partial charge in [0, 0.05) is 19.0 Å². The molecule has 7 nitrogen and oxygen atoms in total. The summed E-state index contributed by atoms with van der Waals surface area (Å²) in [6.07, 6.45) is -1.22. The summed E-state index contributed by atoms with van der Waals surface area (Å²) in [6.45, 7) is 7.46. The molecule has 4 N–H and O–H groups in total. The summed E-state index contributed by atoms with van der Waals surface area (Å²) in [4.78, 5) is 23.3. The summed E-state index contributed by atoms with van der Waals surface area (Å²) in [5.41, 5.74) is 4.79. The van der Waals surface area contributed by atoms with E-state index in [2.05, 4.69) is 5.32 Å². The number of carboxylic acid groups (broad SMARTS) is 1. The van der Waals surface area contributed by atoms with Crippen LogP contribution in [0.2, 0.25) is 0 Å². The molecule has 0 aromatic carbocycles. The number of nitrogens with two attached hydrogens (primary N) is 1. The average Bonchev–Trinajstić information content (AvgIpc) is 2.38. The molecule has 0 fully saturated rings. The van der Waals surface area contributed by atoms with E-state index < -0.39 is 29.7 Å². The predicted octanol–water partition coefficient (Wildman–Crippen LogP) is 0.814. The van der Waals surface area contributed by atoms with Gasteiger partial charge in [-0.25, -0.2) is 0 Å². The van der Waals surface area contributed by atoms with E-state index in [1.54, 1.807) is 18.7 Å². The number of ether oxygens (including phenoxy) is 2. The lowest BCUT2D eigenvalue weighted by Gasteiger charge is -2.33. The number of carboxylic acids is 1. The lowest BCUT2D eigenvalue weighted by Crippen LogP contribution is -2.58. The molecule has 0 bridgehead atoms. The Morgan fingerprint density at radius 2 is 2.00 bits per heavy atom. The Morgan fingerprint density at radius 3 is 2.41 bits per heavy atom. The van der Waals surface area contributed by atoms with Crippen molar-refractivity contribution in [1.29, 1.82) is 0 Å². The molecule has 0 saturated carbocycles. The Morgan fingerprint density at radius 1 is 1.41 bits per heavy atom. The molecule has 0 aliphatic carbocycles. The monoisotopic (exact) mass is 336 g/mol. The molecule has 0 radical (unpaired) electrons. The molecule has 8 heteroatoms. The van der Waals surface area contributed by atoms with Crippen LogP contribution in [0.15, 0.2) is 0 Å². The number of hydrogen-bond donors (Lipinski definition) is 3. The van der Waals surface area contributed by atoms with Crippen LogP contribution in [0.25, 0.3) is 0 Å². The summed E-state index contributed by atoms with van der Waals surface area (Å²) in [7, 11) is 1.41. The van der Waals surface area contributed by atoms with Crippen LogP contribution in [0.1, 0.15) is 34.1 Å². The molecule has 0 heterocycles. The molecule has 0 saturated heterocycles. The van der Waals surface area contributed by atoms with Crippen molar-refractivity contribution in [2.45, 2.75) is 57.2 Å². The highest BCUT2D eigenvalue weighted by Crippen LogP contribution is 2.18. The summed E-state index contributed by atoms with van der Waals surface area (Å²) in [5, 5.41) is 11.6. The second kappa shape index (κ2) is 10.0. The first kappa shape index (κ1) is 21.2. The third-order valence-corrected chi connectivity index (χ3v) is 4.35. The van der Waals surface area contributed by atoms with Gasteiger partial charge in [0.1, 0.15) is 5.72 Å². The minimum absolute atomic E-state index is 0.0264. The minimum atomic E-state index is -1.30. The van der Waals surface area contributed by atoms with Gasteiger partial charge in [-0.3, -0.25) is 9.59 Å². The summed E-state index contributed by atoms with van der Waals surface area (Å²) < 4.78 is 10.6. The second-order valence-electron chi connectivity index (χ2n) is 5.12. The minimum Gasteiger partial charge on any atom is -0.481 e. The van der Waals surface area contributed by atoms with E-state index >= 15 is 0 Å². The molecule has 0 rings (SSSR count). The molecule has 0 aromatic heterocycles. The van der Waals surface area contributed by atoms with Crippen LogP contribution in [0.5, 0.6) is 0 Å². The highest BCUT2D eigenvalue weighted by Gasteiger charge is 2.36. The zero-order valence-corrected chi connectivity index (χ0v) is 14.7. The first-order valence-electron chi connectivity index (χ1n) is 7.28. The summed E-state index contributed by atoms with van der Waals surface area (Å²) in [6, 6.07) is -0.509. The number of nitrogens with one attached hydrogen (secondary N) is 1. The van der Waals surface area contributed by atoms with Crippen LogP contribution < -0.4 is 11.1 Å². The standard InChI is InChI=1S/C14H28N2O5S/c1-6-21-14(4,8-10(17)18)16-13(19)12(20-5)11(15)9(3)22-7-2/h9,11-12H,6-8,15H2,1-5H3,(H,16,19)(H,17,18). The van der Waals surface area contributed by atoms with Gasteiger partial charge >= 0.3 is 5.97 Å². The molecule has 1 amide bonds. The maximum absolute atomic E-state index is 12.4. The van der Waals surface area contributed by atoms with Crippen molar-refractivity contribution in [1.82, 2.24) is 5.32 Å². The zero-order valence-electron chi connectivity index (χ0n) is 13.9. The van der Waals surface area contributed by atoms with Crippen LogP contribution in [0.3, 0.4) is 0 Å². The van der Waals surface area contributed by atoms with Gasteiger partial charge in [-0.15, -0.1) is 0 Å². The Balaban J connectivity index is 4.97. The van der Waals surface area contributed by atoms with Crippen LogP contribution in [-0.4, -0.2) is 59.6 Å². The van der Waals surface area contributed by atoms with Crippen molar-refractivity contribution < 1.29 is 24.2 Å². The van der Waals surface area contributed by atoms with Crippen molar-refractivity contribution in [3.63, 3.8) is 0 Å². The van der Waals surface area contributed by atoms with Crippen LogP contribution >= 0.6 is 11.8 Å².